The minimum absolute atomic E-state index is 0.177. The lowest BCUT2D eigenvalue weighted by atomic mass is 9.87. The summed E-state index contributed by atoms with van der Waals surface area (Å²) < 4.78 is 10.3. The number of hydrogen-bond acceptors (Lipinski definition) is 4. The number of rotatable bonds is 3. The first-order valence-electron chi connectivity index (χ1n) is 5.22. The van der Waals surface area contributed by atoms with Crippen LogP contribution in [0.4, 0.5) is 0 Å². The first kappa shape index (κ1) is 10.3. The molecule has 4 nitrogen and oxygen atoms in total. The monoisotopic (exact) mass is 207 g/mol. The van der Waals surface area contributed by atoms with Gasteiger partial charge in [0.1, 0.15) is 19.0 Å². The van der Waals surface area contributed by atoms with E-state index in [1.54, 1.807) is 0 Å². The van der Waals surface area contributed by atoms with Crippen molar-refractivity contribution in [3.05, 3.63) is 11.5 Å². The van der Waals surface area contributed by atoms with Gasteiger partial charge in [-0.25, -0.2) is 0 Å². The third-order valence-corrected chi connectivity index (χ3v) is 3.01. The SMILES string of the molecule is Bc1c(C)noc1C1(C(=O)OCC)CC1. The molecule has 5 heteroatoms. The zero-order valence-corrected chi connectivity index (χ0v) is 9.29. The van der Waals surface area contributed by atoms with Gasteiger partial charge < -0.3 is 9.26 Å². The molecule has 0 radical (unpaired) electrons. The Morgan fingerprint density at radius 3 is 2.73 bits per heavy atom. The highest BCUT2D eigenvalue weighted by Gasteiger charge is 2.56. The molecule has 0 unspecified atom stereocenters. The van der Waals surface area contributed by atoms with Crippen molar-refractivity contribution in [1.29, 1.82) is 0 Å². The topological polar surface area (TPSA) is 52.3 Å². The van der Waals surface area contributed by atoms with Crippen LogP contribution in [0.25, 0.3) is 0 Å². The predicted octanol–water partition coefficient (Wildman–Crippen LogP) is -0.164. The summed E-state index contributed by atoms with van der Waals surface area (Å²) >= 11 is 0. The van der Waals surface area contributed by atoms with Gasteiger partial charge in [0.2, 0.25) is 0 Å². The van der Waals surface area contributed by atoms with Gasteiger partial charge in [-0.3, -0.25) is 4.79 Å². The van der Waals surface area contributed by atoms with Crippen LogP contribution >= 0.6 is 0 Å². The van der Waals surface area contributed by atoms with Gasteiger partial charge in [-0.15, -0.1) is 0 Å². The Labute approximate surface area is 89.4 Å². The molecule has 1 saturated carbocycles. The standard InChI is InChI=1S/C10H14BNO3/c1-3-14-9(13)10(4-5-10)8-7(11)6(2)12-15-8/h3-5,11H2,1-2H3. The summed E-state index contributed by atoms with van der Waals surface area (Å²) in [6.07, 6.45) is 1.61. The fourth-order valence-corrected chi connectivity index (χ4v) is 1.78. The lowest BCUT2D eigenvalue weighted by molar-refractivity contribution is -0.146. The maximum Gasteiger partial charge on any atom is 0.319 e. The van der Waals surface area contributed by atoms with Crippen molar-refractivity contribution in [2.45, 2.75) is 32.1 Å². The molecular weight excluding hydrogens is 193 g/mol. The normalized spacial score (nSPS) is 17.5. The van der Waals surface area contributed by atoms with E-state index in [2.05, 4.69) is 5.16 Å². The third-order valence-electron chi connectivity index (χ3n) is 3.01. The molecule has 15 heavy (non-hydrogen) atoms. The number of carbonyl (C=O) groups excluding carboxylic acids is 1. The van der Waals surface area contributed by atoms with E-state index in [4.69, 9.17) is 9.26 Å². The molecule has 0 aromatic carbocycles. The van der Waals surface area contributed by atoms with Crippen LogP contribution in [-0.4, -0.2) is 25.6 Å². The van der Waals surface area contributed by atoms with E-state index in [1.807, 2.05) is 21.7 Å². The number of nitrogens with zero attached hydrogens (tertiary/aromatic N) is 1. The number of ether oxygens (including phenoxy) is 1. The first-order valence-corrected chi connectivity index (χ1v) is 5.22. The Morgan fingerprint density at radius 2 is 2.33 bits per heavy atom. The van der Waals surface area contributed by atoms with Crippen molar-refractivity contribution in [3.63, 3.8) is 0 Å². The van der Waals surface area contributed by atoms with Gasteiger partial charge in [0.15, 0.2) is 0 Å². The zero-order valence-electron chi connectivity index (χ0n) is 9.29. The van der Waals surface area contributed by atoms with Crippen LogP contribution in [-0.2, 0) is 14.9 Å². The van der Waals surface area contributed by atoms with E-state index < -0.39 is 5.41 Å². The summed E-state index contributed by atoms with van der Waals surface area (Å²) in [7, 11) is 1.93. The van der Waals surface area contributed by atoms with Gasteiger partial charge >= 0.3 is 5.97 Å². The smallest absolute Gasteiger partial charge is 0.319 e. The van der Waals surface area contributed by atoms with Crippen molar-refractivity contribution in [3.8, 4) is 0 Å². The third kappa shape index (κ3) is 1.46. The Balaban J connectivity index is 2.30. The summed E-state index contributed by atoms with van der Waals surface area (Å²) in [6, 6.07) is 0. The molecule has 2 rings (SSSR count). The average molecular weight is 207 g/mol. The highest BCUT2D eigenvalue weighted by Crippen LogP contribution is 2.48. The van der Waals surface area contributed by atoms with Crippen molar-refractivity contribution in [1.82, 2.24) is 5.16 Å². The molecule has 1 aliphatic carbocycles. The molecule has 1 heterocycles. The maximum absolute atomic E-state index is 11.8. The summed E-state index contributed by atoms with van der Waals surface area (Å²) in [5, 5.41) is 3.88. The molecule has 0 N–H and O–H groups in total. The fourth-order valence-electron chi connectivity index (χ4n) is 1.78. The molecule has 0 aliphatic heterocycles. The number of esters is 1. The molecule has 80 valence electrons. The van der Waals surface area contributed by atoms with Gasteiger partial charge in [0.05, 0.1) is 12.3 Å². The van der Waals surface area contributed by atoms with E-state index in [9.17, 15) is 4.79 Å². The lowest BCUT2D eigenvalue weighted by Gasteiger charge is -2.10. The number of aryl methyl sites for hydroxylation is 1. The Bertz CT molecular complexity index is 395. The first-order chi connectivity index (χ1) is 7.12. The Kier molecular flexibility index (Phi) is 2.33. The predicted molar refractivity (Wildman–Crippen MR) is 57.0 cm³/mol. The van der Waals surface area contributed by atoms with Crippen LogP contribution in [0.5, 0.6) is 0 Å². The highest BCUT2D eigenvalue weighted by molar-refractivity contribution is 6.34. The van der Waals surface area contributed by atoms with Crippen LogP contribution < -0.4 is 5.46 Å². The van der Waals surface area contributed by atoms with E-state index in [1.165, 1.54) is 0 Å². The van der Waals surface area contributed by atoms with Gasteiger partial charge in [0, 0.05) is 0 Å². The Hall–Kier alpha value is -1.26. The second-order valence-electron chi connectivity index (χ2n) is 4.02. The summed E-state index contributed by atoms with van der Waals surface area (Å²) in [6.45, 7) is 4.10. The van der Waals surface area contributed by atoms with Gasteiger partial charge in [-0.05, 0) is 32.2 Å². The van der Waals surface area contributed by atoms with Crippen LogP contribution in [0.2, 0.25) is 0 Å². The average Bonchev–Trinajstić information content (AvgIpc) is 2.93. The molecule has 1 aromatic rings. The largest absolute Gasteiger partial charge is 0.465 e. The van der Waals surface area contributed by atoms with Crippen LogP contribution in [0.15, 0.2) is 4.52 Å². The number of hydrogen-bond donors (Lipinski definition) is 0. The van der Waals surface area contributed by atoms with E-state index in [-0.39, 0.29) is 5.97 Å². The lowest BCUT2D eigenvalue weighted by Crippen LogP contribution is -2.28. The molecule has 0 amide bonds. The molecule has 0 atom stereocenters. The summed E-state index contributed by atoms with van der Waals surface area (Å²) in [5.74, 6) is 0.516. The van der Waals surface area contributed by atoms with Crippen LogP contribution in [0, 0.1) is 6.92 Å². The minimum atomic E-state index is -0.526. The second-order valence-corrected chi connectivity index (χ2v) is 4.02. The van der Waals surface area contributed by atoms with Crippen molar-refractivity contribution in [2.24, 2.45) is 0 Å². The van der Waals surface area contributed by atoms with Crippen molar-refractivity contribution < 1.29 is 14.1 Å². The minimum Gasteiger partial charge on any atom is -0.465 e. The van der Waals surface area contributed by atoms with E-state index in [0.717, 1.165) is 24.0 Å². The summed E-state index contributed by atoms with van der Waals surface area (Å²) in [4.78, 5) is 11.8. The summed E-state index contributed by atoms with van der Waals surface area (Å²) in [5.41, 5.74) is 1.29. The van der Waals surface area contributed by atoms with Crippen LogP contribution in [0.1, 0.15) is 31.2 Å². The molecular formula is C10H14BNO3. The van der Waals surface area contributed by atoms with E-state index >= 15 is 0 Å². The molecule has 1 fully saturated rings. The van der Waals surface area contributed by atoms with Crippen molar-refractivity contribution in [2.75, 3.05) is 6.61 Å². The van der Waals surface area contributed by atoms with E-state index in [0.29, 0.717) is 12.4 Å². The fraction of sp³-hybridized carbons (Fsp3) is 0.600. The van der Waals surface area contributed by atoms with Crippen molar-refractivity contribution >= 4 is 19.3 Å². The molecule has 1 aliphatic rings. The molecule has 0 spiro atoms. The van der Waals surface area contributed by atoms with Crippen LogP contribution in [0.3, 0.4) is 0 Å². The number of aromatic nitrogens is 1. The number of carbonyl (C=O) groups is 1. The van der Waals surface area contributed by atoms with Gasteiger partial charge in [0.25, 0.3) is 0 Å². The highest BCUT2D eigenvalue weighted by atomic mass is 16.5. The zero-order chi connectivity index (χ0) is 11.1. The molecule has 1 aromatic heterocycles. The van der Waals surface area contributed by atoms with Gasteiger partial charge in [-0.2, -0.15) is 0 Å². The van der Waals surface area contributed by atoms with Gasteiger partial charge in [-0.1, -0.05) is 5.16 Å². The molecule has 0 bridgehead atoms. The quantitative estimate of drug-likeness (QED) is 0.510. The molecule has 0 saturated heterocycles. The second kappa shape index (κ2) is 3.40. The Morgan fingerprint density at radius 1 is 1.67 bits per heavy atom. The maximum atomic E-state index is 11.8.